The van der Waals surface area contributed by atoms with E-state index >= 15 is 0 Å². The number of nitrogens with one attached hydrogen (secondary N) is 1. The molecule has 2 fully saturated rings. The van der Waals surface area contributed by atoms with Crippen LogP contribution in [-0.4, -0.2) is 47.2 Å². The molecule has 1 aromatic heterocycles. The van der Waals surface area contributed by atoms with Crippen molar-refractivity contribution in [2.45, 2.75) is 44.7 Å². The highest BCUT2D eigenvalue weighted by molar-refractivity contribution is 5.37. The smallest absolute Gasteiger partial charge is 0.218 e. The molecule has 3 rings (SSSR count). The van der Waals surface area contributed by atoms with E-state index < -0.39 is 0 Å². The van der Waals surface area contributed by atoms with Crippen LogP contribution in [0.3, 0.4) is 0 Å². The molecule has 0 spiro atoms. The van der Waals surface area contributed by atoms with Crippen LogP contribution in [0.2, 0.25) is 0 Å². The molecule has 5 heteroatoms. The predicted octanol–water partition coefficient (Wildman–Crippen LogP) is 2.16. The van der Waals surface area contributed by atoms with Gasteiger partial charge in [-0.15, -0.1) is 0 Å². The van der Waals surface area contributed by atoms with Crippen LogP contribution in [0.15, 0.2) is 12.4 Å². The van der Waals surface area contributed by atoms with Crippen molar-refractivity contribution < 1.29 is 4.74 Å². The monoisotopic (exact) mass is 276 g/mol. The molecule has 5 nitrogen and oxygen atoms in total. The van der Waals surface area contributed by atoms with Crippen LogP contribution in [0.1, 0.15) is 32.6 Å². The van der Waals surface area contributed by atoms with Crippen molar-refractivity contribution in [2.24, 2.45) is 5.92 Å². The quantitative estimate of drug-likeness (QED) is 0.893. The summed E-state index contributed by atoms with van der Waals surface area (Å²) in [6.07, 6.45) is 6.93. The minimum Gasteiger partial charge on any atom is -0.478 e. The summed E-state index contributed by atoms with van der Waals surface area (Å²) in [7, 11) is 2.28. The second-order valence-electron chi connectivity index (χ2n) is 5.94. The van der Waals surface area contributed by atoms with E-state index in [9.17, 15) is 0 Å². The standard InChI is InChI=1S/C15H24N4O/c1-3-20-15-8-14(17-10-18-15)16-9-11-6-12-4-5-13(7-11)19(12)2/h8,10-13H,3-7,9H2,1-2H3,(H,16,17,18). The Bertz CT molecular complexity index is 439. The van der Waals surface area contributed by atoms with Crippen LogP contribution >= 0.6 is 0 Å². The number of rotatable bonds is 5. The van der Waals surface area contributed by atoms with Gasteiger partial charge in [0.2, 0.25) is 5.88 Å². The first-order valence-corrected chi connectivity index (χ1v) is 7.67. The summed E-state index contributed by atoms with van der Waals surface area (Å²) in [6, 6.07) is 3.47. The maximum atomic E-state index is 5.40. The first kappa shape index (κ1) is 13.6. The fraction of sp³-hybridized carbons (Fsp3) is 0.733. The summed E-state index contributed by atoms with van der Waals surface area (Å²) < 4.78 is 5.40. The van der Waals surface area contributed by atoms with Gasteiger partial charge in [-0.2, -0.15) is 0 Å². The van der Waals surface area contributed by atoms with Crippen LogP contribution in [-0.2, 0) is 0 Å². The van der Waals surface area contributed by atoms with Gasteiger partial charge in [0.15, 0.2) is 0 Å². The van der Waals surface area contributed by atoms with Crippen molar-refractivity contribution in [1.29, 1.82) is 0 Å². The van der Waals surface area contributed by atoms with Gasteiger partial charge in [0.25, 0.3) is 0 Å². The largest absolute Gasteiger partial charge is 0.478 e. The Morgan fingerprint density at radius 1 is 1.30 bits per heavy atom. The first-order chi connectivity index (χ1) is 9.76. The van der Waals surface area contributed by atoms with Gasteiger partial charge in [-0.25, -0.2) is 9.97 Å². The highest BCUT2D eigenvalue weighted by atomic mass is 16.5. The van der Waals surface area contributed by atoms with Crippen LogP contribution in [0, 0.1) is 5.92 Å². The zero-order chi connectivity index (χ0) is 13.9. The molecule has 0 radical (unpaired) electrons. The lowest BCUT2D eigenvalue weighted by Crippen LogP contribution is -2.41. The number of piperidine rings is 1. The van der Waals surface area contributed by atoms with Gasteiger partial charge < -0.3 is 15.0 Å². The van der Waals surface area contributed by atoms with Gasteiger partial charge in [-0.05, 0) is 45.6 Å². The van der Waals surface area contributed by atoms with E-state index in [1.165, 1.54) is 25.7 Å². The Balaban J connectivity index is 1.53. The zero-order valence-corrected chi connectivity index (χ0v) is 12.4. The number of anilines is 1. The molecular formula is C15H24N4O. The molecule has 1 N–H and O–H groups in total. The zero-order valence-electron chi connectivity index (χ0n) is 12.4. The predicted molar refractivity (Wildman–Crippen MR) is 79.0 cm³/mol. The van der Waals surface area contributed by atoms with E-state index in [-0.39, 0.29) is 0 Å². The second-order valence-corrected chi connectivity index (χ2v) is 5.94. The Morgan fingerprint density at radius 2 is 2.05 bits per heavy atom. The molecule has 2 atom stereocenters. The lowest BCUT2D eigenvalue weighted by Gasteiger charge is -2.36. The summed E-state index contributed by atoms with van der Waals surface area (Å²) in [5.74, 6) is 2.28. The third kappa shape index (κ3) is 2.87. The molecule has 0 amide bonds. The summed E-state index contributed by atoms with van der Waals surface area (Å²) in [5, 5.41) is 3.45. The molecule has 2 bridgehead atoms. The van der Waals surface area contributed by atoms with E-state index in [0.29, 0.717) is 12.5 Å². The van der Waals surface area contributed by atoms with Crippen molar-refractivity contribution in [3.05, 3.63) is 12.4 Å². The summed E-state index contributed by atoms with van der Waals surface area (Å²) in [5.41, 5.74) is 0. The van der Waals surface area contributed by atoms with E-state index in [1.54, 1.807) is 6.33 Å². The summed E-state index contributed by atoms with van der Waals surface area (Å²) >= 11 is 0. The Morgan fingerprint density at radius 3 is 2.75 bits per heavy atom. The van der Waals surface area contributed by atoms with E-state index in [0.717, 1.165) is 30.4 Å². The van der Waals surface area contributed by atoms with Gasteiger partial charge in [-0.1, -0.05) is 0 Å². The number of hydrogen-bond donors (Lipinski definition) is 1. The normalized spacial score (nSPS) is 29.4. The number of fused-ring (bicyclic) bond motifs is 2. The second kappa shape index (κ2) is 5.95. The molecule has 0 aromatic carbocycles. The number of nitrogens with zero attached hydrogens (tertiary/aromatic N) is 3. The first-order valence-electron chi connectivity index (χ1n) is 7.67. The lowest BCUT2D eigenvalue weighted by atomic mass is 9.91. The van der Waals surface area contributed by atoms with Gasteiger partial charge in [-0.3, -0.25) is 0 Å². The Labute approximate surface area is 120 Å². The van der Waals surface area contributed by atoms with Crippen molar-refractivity contribution in [1.82, 2.24) is 14.9 Å². The van der Waals surface area contributed by atoms with Crippen LogP contribution in [0.5, 0.6) is 5.88 Å². The van der Waals surface area contributed by atoms with Crippen molar-refractivity contribution >= 4 is 5.82 Å². The summed E-state index contributed by atoms with van der Waals surface area (Å²) in [6.45, 7) is 3.60. The van der Waals surface area contributed by atoms with E-state index in [4.69, 9.17) is 4.74 Å². The van der Waals surface area contributed by atoms with Crippen molar-refractivity contribution in [3.63, 3.8) is 0 Å². The molecule has 0 aliphatic carbocycles. The summed E-state index contributed by atoms with van der Waals surface area (Å²) in [4.78, 5) is 10.9. The van der Waals surface area contributed by atoms with E-state index in [2.05, 4.69) is 27.2 Å². The molecule has 2 unspecified atom stereocenters. The molecule has 3 heterocycles. The molecule has 110 valence electrons. The van der Waals surface area contributed by atoms with Gasteiger partial charge >= 0.3 is 0 Å². The topological polar surface area (TPSA) is 50.3 Å². The maximum absolute atomic E-state index is 5.40. The fourth-order valence-electron chi connectivity index (χ4n) is 3.60. The third-order valence-corrected chi connectivity index (χ3v) is 4.70. The van der Waals surface area contributed by atoms with E-state index in [1.807, 2.05) is 13.0 Å². The van der Waals surface area contributed by atoms with Gasteiger partial charge in [0, 0.05) is 24.7 Å². The van der Waals surface area contributed by atoms with Crippen LogP contribution in [0.25, 0.3) is 0 Å². The minimum absolute atomic E-state index is 0.634. The Kier molecular flexibility index (Phi) is 4.05. The average Bonchev–Trinajstić information content (AvgIpc) is 2.68. The van der Waals surface area contributed by atoms with Crippen molar-refractivity contribution in [3.8, 4) is 5.88 Å². The molecule has 2 aliphatic rings. The molecule has 0 saturated carbocycles. The highest BCUT2D eigenvalue weighted by Gasteiger charge is 2.38. The lowest BCUT2D eigenvalue weighted by molar-refractivity contribution is 0.139. The molecule has 1 aromatic rings. The molecule has 2 saturated heterocycles. The van der Waals surface area contributed by atoms with Gasteiger partial charge in [0.1, 0.15) is 12.1 Å². The van der Waals surface area contributed by atoms with Crippen LogP contribution < -0.4 is 10.1 Å². The third-order valence-electron chi connectivity index (χ3n) is 4.70. The SMILES string of the molecule is CCOc1cc(NCC2CC3CCC(C2)N3C)ncn1. The average molecular weight is 276 g/mol. The number of hydrogen-bond acceptors (Lipinski definition) is 5. The fourth-order valence-corrected chi connectivity index (χ4v) is 3.60. The highest BCUT2D eigenvalue weighted by Crippen LogP contribution is 2.37. The molecular weight excluding hydrogens is 252 g/mol. The van der Waals surface area contributed by atoms with Crippen molar-refractivity contribution in [2.75, 3.05) is 25.5 Å². The Hall–Kier alpha value is -1.36. The molecule has 2 aliphatic heterocycles. The number of ether oxygens (including phenoxy) is 1. The molecule has 20 heavy (non-hydrogen) atoms. The van der Waals surface area contributed by atoms with Gasteiger partial charge in [0.05, 0.1) is 6.61 Å². The number of aromatic nitrogens is 2. The maximum Gasteiger partial charge on any atom is 0.218 e. The van der Waals surface area contributed by atoms with Crippen LogP contribution in [0.4, 0.5) is 5.82 Å². The minimum atomic E-state index is 0.634.